The Labute approximate surface area is 110 Å². The fourth-order valence-electron chi connectivity index (χ4n) is 2.21. The largest absolute Gasteiger partial charge is 0.316 e. The summed E-state index contributed by atoms with van der Waals surface area (Å²) in [6.07, 6.45) is 2.22. The molecule has 3 heteroatoms. The number of benzene rings is 1. The van der Waals surface area contributed by atoms with Crippen LogP contribution in [-0.2, 0) is 13.1 Å². The average Bonchev–Trinajstić information content (AvgIpc) is 2.34. The van der Waals surface area contributed by atoms with Crippen molar-refractivity contribution >= 4 is 0 Å². The number of halogens is 1. The SMILES string of the molecule is CCCN(CCC)Cc1cc(CNC)ccc1F. The number of hydrogen-bond acceptors (Lipinski definition) is 2. The third-order valence-electron chi connectivity index (χ3n) is 2.96. The van der Waals surface area contributed by atoms with E-state index >= 15 is 0 Å². The molecular weight excluding hydrogens is 227 g/mol. The van der Waals surface area contributed by atoms with Gasteiger partial charge >= 0.3 is 0 Å². The molecule has 0 aromatic heterocycles. The highest BCUT2D eigenvalue weighted by Gasteiger charge is 2.09. The molecule has 0 fully saturated rings. The van der Waals surface area contributed by atoms with Crippen LogP contribution in [0.3, 0.4) is 0 Å². The first-order valence-electron chi connectivity index (χ1n) is 6.85. The molecule has 0 radical (unpaired) electrons. The highest BCUT2D eigenvalue weighted by molar-refractivity contribution is 5.25. The lowest BCUT2D eigenvalue weighted by atomic mass is 10.1. The van der Waals surface area contributed by atoms with E-state index in [9.17, 15) is 4.39 Å². The number of nitrogens with zero attached hydrogens (tertiary/aromatic N) is 1. The van der Waals surface area contributed by atoms with Crippen molar-refractivity contribution < 1.29 is 4.39 Å². The lowest BCUT2D eigenvalue weighted by Crippen LogP contribution is -2.25. The second-order valence-corrected chi connectivity index (χ2v) is 4.73. The monoisotopic (exact) mass is 252 g/mol. The quantitative estimate of drug-likeness (QED) is 0.764. The molecule has 0 aliphatic heterocycles. The summed E-state index contributed by atoms with van der Waals surface area (Å²) in [5, 5.41) is 3.10. The van der Waals surface area contributed by atoms with Gasteiger partial charge in [0.2, 0.25) is 0 Å². The predicted molar refractivity (Wildman–Crippen MR) is 75.0 cm³/mol. The van der Waals surface area contributed by atoms with Crippen LogP contribution in [0, 0.1) is 5.82 Å². The topological polar surface area (TPSA) is 15.3 Å². The minimum absolute atomic E-state index is 0.0907. The lowest BCUT2D eigenvalue weighted by Gasteiger charge is -2.21. The van der Waals surface area contributed by atoms with Crippen molar-refractivity contribution in [2.45, 2.75) is 39.8 Å². The highest BCUT2D eigenvalue weighted by Crippen LogP contribution is 2.14. The van der Waals surface area contributed by atoms with Crippen molar-refractivity contribution in [3.05, 3.63) is 35.1 Å². The van der Waals surface area contributed by atoms with Crippen LogP contribution in [0.25, 0.3) is 0 Å². The molecule has 1 N–H and O–H groups in total. The molecule has 0 heterocycles. The van der Waals surface area contributed by atoms with Crippen LogP contribution in [0.2, 0.25) is 0 Å². The van der Waals surface area contributed by atoms with Crippen molar-refractivity contribution in [3.8, 4) is 0 Å². The van der Waals surface area contributed by atoms with Gasteiger partial charge in [0.15, 0.2) is 0 Å². The minimum atomic E-state index is -0.0907. The van der Waals surface area contributed by atoms with E-state index in [1.54, 1.807) is 6.07 Å². The van der Waals surface area contributed by atoms with Crippen molar-refractivity contribution in [2.75, 3.05) is 20.1 Å². The van der Waals surface area contributed by atoms with E-state index in [0.29, 0.717) is 6.54 Å². The zero-order chi connectivity index (χ0) is 13.4. The molecule has 0 saturated heterocycles. The Morgan fingerprint density at radius 3 is 2.39 bits per heavy atom. The number of hydrogen-bond donors (Lipinski definition) is 1. The van der Waals surface area contributed by atoms with E-state index in [4.69, 9.17) is 0 Å². The molecule has 1 aromatic carbocycles. The van der Waals surface area contributed by atoms with Crippen molar-refractivity contribution in [1.29, 1.82) is 0 Å². The Hall–Kier alpha value is -0.930. The smallest absolute Gasteiger partial charge is 0.127 e. The minimum Gasteiger partial charge on any atom is -0.316 e. The molecule has 0 aliphatic rings. The molecule has 0 unspecified atom stereocenters. The molecule has 1 rings (SSSR count). The van der Waals surface area contributed by atoms with E-state index in [0.717, 1.165) is 43.6 Å². The van der Waals surface area contributed by atoms with Crippen LogP contribution in [-0.4, -0.2) is 25.0 Å². The molecule has 0 aliphatic carbocycles. The van der Waals surface area contributed by atoms with Gasteiger partial charge in [0.1, 0.15) is 5.82 Å². The van der Waals surface area contributed by atoms with Crippen LogP contribution in [0.15, 0.2) is 18.2 Å². The Morgan fingerprint density at radius 2 is 1.83 bits per heavy atom. The second-order valence-electron chi connectivity index (χ2n) is 4.73. The molecule has 18 heavy (non-hydrogen) atoms. The maximum atomic E-state index is 13.8. The highest BCUT2D eigenvalue weighted by atomic mass is 19.1. The molecule has 2 nitrogen and oxygen atoms in total. The first-order valence-corrected chi connectivity index (χ1v) is 6.85. The first-order chi connectivity index (χ1) is 8.71. The van der Waals surface area contributed by atoms with E-state index in [1.165, 1.54) is 0 Å². The maximum Gasteiger partial charge on any atom is 0.127 e. The Kier molecular flexibility index (Phi) is 6.91. The normalized spacial score (nSPS) is 11.2. The Bertz CT molecular complexity index is 346. The third kappa shape index (κ3) is 4.75. The zero-order valence-electron chi connectivity index (χ0n) is 11.8. The molecule has 1 aromatic rings. The molecule has 102 valence electrons. The van der Waals surface area contributed by atoms with Gasteiger partial charge in [0.25, 0.3) is 0 Å². The molecule has 0 bridgehead atoms. The van der Waals surface area contributed by atoms with Crippen molar-refractivity contribution in [2.24, 2.45) is 0 Å². The standard InChI is InChI=1S/C15H25FN2/c1-4-8-18(9-5-2)12-14-10-13(11-17-3)6-7-15(14)16/h6-7,10,17H,4-5,8-9,11-12H2,1-3H3. The van der Waals surface area contributed by atoms with Gasteiger partial charge < -0.3 is 5.32 Å². The number of nitrogens with one attached hydrogen (secondary N) is 1. The van der Waals surface area contributed by atoms with Crippen LogP contribution < -0.4 is 5.32 Å². The van der Waals surface area contributed by atoms with Crippen LogP contribution >= 0.6 is 0 Å². The van der Waals surface area contributed by atoms with Gasteiger partial charge in [-0.25, -0.2) is 4.39 Å². The summed E-state index contributed by atoms with van der Waals surface area (Å²) >= 11 is 0. The maximum absolute atomic E-state index is 13.8. The Balaban J connectivity index is 2.76. The van der Waals surface area contributed by atoms with Gasteiger partial charge in [-0.05, 0) is 44.6 Å². The summed E-state index contributed by atoms with van der Waals surface area (Å²) in [6, 6.07) is 5.40. The van der Waals surface area contributed by atoms with Gasteiger partial charge in [-0.15, -0.1) is 0 Å². The summed E-state index contributed by atoms with van der Waals surface area (Å²) in [6.45, 7) is 7.89. The van der Waals surface area contributed by atoms with Gasteiger partial charge in [-0.1, -0.05) is 26.0 Å². The van der Waals surface area contributed by atoms with Gasteiger partial charge in [0.05, 0.1) is 0 Å². The van der Waals surface area contributed by atoms with Gasteiger partial charge in [0, 0.05) is 18.7 Å². The number of rotatable bonds is 8. The van der Waals surface area contributed by atoms with Crippen LogP contribution in [0.4, 0.5) is 4.39 Å². The zero-order valence-corrected chi connectivity index (χ0v) is 11.8. The molecular formula is C15H25FN2. The lowest BCUT2D eigenvalue weighted by molar-refractivity contribution is 0.262. The van der Waals surface area contributed by atoms with E-state index in [-0.39, 0.29) is 5.82 Å². The van der Waals surface area contributed by atoms with Gasteiger partial charge in [-0.2, -0.15) is 0 Å². The summed E-state index contributed by atoms with van der Waals surface area (Å²) in [5.41, 5.74) is 1.95. The molecule has 0 atom stereocenters. The van der Waals surface area contributed by atoms with Crippen molar-refractivity contribution in [3.63, 3.8) is 0 Å². The van der Waals surface area contributed by atoms with Crippen LogP contribution in [0.5, 0.6) is 0 Å². The first kappa shape index (κ1) is 15.1. The van der Waals surface area contributed by atoms with E-state index < -0.39 is 0 Å². The van der Waals surface area contributed by atoms with E-state index in [2.05, 4.69) is 24.1 Å². The van der Waals surface area contributed by atoms with E-state index in [1.807, 2.05) is 19.2 Å². The van der Waals surface area contributed by atoms with Crippen LogP contribution in [0.1, 0.15) is 37.8 Å². The summed E-state index contributed by atoms with van der Waals surface area (Å²) in [5.74, 6) is -0.0907. The Morgan fingerprint density at radius 1 is 1.17 bits per heavy atom. The molecule has 0 spiro atoms. The second kappa shape index (κ2) is 8.22. The molecule has 0 saturated carbocycles. The molecule has 0 amide bonds. The van der Waals surface area contributed by atoms with Crippen molar-refractivity contribution in [1.82, 2.24) is 10.2 Å². The fraction of sp³-hybridized carbons (Fsp3) is 0.600. The average molecular weight is 252 g/mol. The summed E-state index contributed by atoms with van der Waals surface area (Å²) < 4.78 is 13.8. The predicted octanol–water partition coefficient (Wildman–Crippen LogP) is 3.17. The summed E-state index contributed by atoms with van der Waals surface area (Å²) in [4.78, 5) is 2.32. The summed E-state index contributed by atoms with van der Waals surface area (Å²) in [7, 11) is 1.91. The third-order valence-corrected chi connectivity index (χ3v) is 2.96. The fourth-order valence-corrected chi connectivity index (χ4v) is 2.21. The van der Waals surface area contributed by atoms with Gasteiger partial charge in [-0.3, -0.25) is 4.90 Å².